The number of rotatable bonds is 5. The predicted molar refractivity (Wildman–Crippen MR) is 118 cm³/mol. The van der Waals surface area contributed by atoms with Gasteiger partial charge in [0.1, 0.15) is 0 Å². The van der Waals surface area contributed by atoms with E-state index in [0.717, 1.165) is 41.4 Å². The van der Waals surface area contributed by atoms with Gasteiger partial charge in [0.05, 0.1) is 0 Å². The Kier molecular flexibility index (Phi) is 5.77. The van der Waals surface area contributed by atoms with E-state index in [1.165, 1.54) is 32.1 Å². The lowest BCUT2D eigenvalue weighted by Gasteiger charge is -2.61. The molecule has 0 amide bonds. The van der Waals surface area contributed by atoms with Crippen molar-refractivity contribution < 1.29 is 0 Å². The molecule has 0 bridgehead atoms. The summed E-state index contributed by atoms with van der Waals surface area (Å²) in [6.45, 7) is 12.9. The maximum Gasteiger partial charge on any atom is -0.0264 e. The van der Waals surface area contributed by atoms with Gasteiger partial charge >= 0.3 is 0 Å². The van der Waals surface area contributed by atoms with Crippen molar-refractivity contribution in [1.29, 1.82) is 0 Å². The Morgan fingerprint density at radius 2 is 1.52 bits per heavy atom. The zero-order chi connectivity index (χ0) is 19.2. The predicted octanol–water partition coefficient (Wildman–Crippen LogP) is 8.50. The normalized spacial score (nSPS) is 48.0. The molecule has 156 valence electrons. The average Bonchev–Trinajstić information content (AvgIpc) is 2.98. The lowest BCUT2D eigenvalue weighted by atomic mass is 9.44. The highest BCUT2D eigenvalue weighted by molar-refractivity contribution is 5.09. The fourth-order valence-electron chi connectivity index (χ4n) is 9.32. The van der Waals surface area contributed by atoms with Gasteiger partial charge in [-0.1, -0.05) is 66.7 Å². The summed E-state index contributed by atoms with van der Waals surface area (Å²) in [6.07, 6.45) is 19.9. The Morgan fingerprint density at radius 3 is 2.30 bits per heavy atom. The lowest BCUT2D eigenvalue weighted by Crippen LogP contribution is -2.53. The van der Waals surface area contributed by atoms with E-state index in [2.05, 4.69) is 34.6 Å². The lowest BCUT2D eigenvalue weighted by molar-refractivity contribution is -0.114. The number of hydrogen-bond acceptors (Lipinski definition) is 0. The molecule has 0 aromatic heterocycles. The van der Waals surface area contributed by atoms with E-state index in [1.807, 2.05) is 0 Å². The SMILES string of the molecule is CC(C)CCC[C@@H](C)[C@H]1CC[C@@H]2[C@@H]3CC[C@H]4CCCC[C@]4(C)[C@H]3CC[C@@]21C. The van der Waals surface area contributed by atoms with E-state index in [9.17, 15) is 0 Å². The molecule has 0 unspecified atom stereocenters. The molecule has 4 saturated carbocycles. The van der Waals surface area contributed by atoms with Gasteiger partial charge in [0.25, 0.3) is 0 Å². The van der Waals surface area contributed by atoms with Crippen LogP contribution in [0, 0.1) is 52.3 Å². The Balaban J connectivity index is 1.46. The van der Waals surface area contributed by atoms with Gasteiger partial charge < -0.3 is 0 Å². The molecule has 27 heavy (non-hydrogen) atoms. The van der Waals surface area contributed by atoms with Crippen LogP contribution in [0.15, 0.2) is 0 Å². The third-order valence-electron chi connectivity index (χ3n) is 10.8. The van der Waals surface area contributed by atoms with Crippen molar-refractivity contribution in [2.24, 2.45) is 52.3 Å². The van der Waals surface area contributed by atoms with E-state index < -0.39 is 0 Å². The van der Waals surface area contributed by atoms with Gasteiger partial charge in [-0.2, -0.15) is 0 Å². The Bertz CT molecular complexity index is 506. The molecule has 4 rings (SSSR count). The molecule has 8 atom stereocenters. The van der Waals surface area contributed by atoms with Crippen LogP contribution in [0.4, 0.5) is 0 Å². The van der Waals surface area contributed by atoms with Crippen molar-refractivity contribution in [2.75, 3.05) is 0 Å². The molecule has 0 aromatic carbocycles. The second-order valence-corrected chi connectivity index (χ2v) is 12.4. The van der Waals surface area contributed by atoms with Gasteiger partial charge in [-0.05, 0) is 104 Å². The van der Waals surface area contributed by atoms with Crippen molar-refractivity contribution in [3.05, 3.63) is 0 Å². The first kappa shape index (κ1) is 20.3. The molecule has 0 N–H and O–H groups in total. The minimum Gasteiger partial charge on any atom is -0.0628 e. The fraction of sp³-hybridized carbons (Fsp3) is 1.00. The smallest absolute Gasteiger partial charge is 0.0264 e. The minimum absolute atomic E-state index is 0.677. The molecule has 0 aliphatic heterocycles. The van der Waals surface area contributed by atoms with E-state index in [1.54, 1.807) is 51.4 Å². The summed E-state index contributed by atoms with van der Waals surface area (Å²) >= 11 is 0. The summed E-state index contributed by atoms with van der Waals surface area (Å²) in [5.74, 6) is 7.15. The van der Waals surface area contributed by atoms with Crippen LogP contribution in [0.5, 0.6) is 0 Å². The summed E-state index contributed by atoms with van der Waals surface area (Å²) in [6, 6.07) is 0. The third kappa shape index (κ3) is 3.44. The third-order valence-corrected chi connectivity index (χ3v) is 10.8. The first-order valence-corrected chi connectivity index (χ1v) is 12.9. The van der Waals surface area contributed by atoms with Crippen molar-refractivity contribution >= 4 is 0 Å². The van der Waals surface area contributed by atoms with Crippen LogP contribution in [-0.4, -0.2) is 0 Å². The standard InChI is InChI=1S/C27H48/c1-19(2)9-8-10-20(3)23-14-15-24-22-13-12-21-11-6-7-17-26(21,4)25(22)16-18-27(23,24)5/h19-25H,6-18H2,1-5H3/t20-,21-,22+,23-,24-,25+,26+,27-/m1/s1. The van der Waals surface area contributed by atoms with E-state index in [0.29, 0.717) is 10.8 Å². The van der Waals surface area contributed by atoms with Crippen LogP contribution in [0.2, 0.25) is 0 Å². The molecule has 0 saturated heterocycles. The average molecular weight is 373 g/mol. The summed E-state index contributed by atoms with van der Waals surface area (Å²) in [7, 11) is 0. The molecule has 0 radical (unpaired) electrons. The topological polar surface area (TPSA) is 0 Å². The quantitative estimate of drug-likeness (QED) is 0.453. The summed E-state index contributed by atoms with van der Waals surface area (Å²) < 4.78 is 0. The number of hydrogen-bond donors (Lipinski definition) is 0. The second-order valence-electron chi connectivity index (χ2n) is 12.4. The van der Waals surface area contributed by atoms with Gasteiger partial charge in [0, 0.05) is 0 Å². The van der Waals surface area contributed by atoms with Crippen molar-refractivity contribution in [2.45, 2.75) is 118 Å². The molecule has 0 spiro atoms. The monoisotopic (exact) mass is 372 g/mol. The summed E-state index contributed by atoms with van der Waals surface area (Å²) in [5, 5.41) is 0. The zero-order valence-corrected chi connectivity index (χ0v) is 19.2. The fourth-order valence-corrected chi connectivity index (χ4v) is 9.32. The van der Waals surface area contributed by atoms with Crippen LogP contribution < -0.4 is 0 Å². The zero-order valence-electron chi connectivity index (χ0n) is 19.2. The molecular weight excluding hydrogens is 324 g/mol. The molecule has 0 nitrogen and oxygen atoms in total. The van der Waals surface area contributed by atoms with Gasteiger partial charge in [0.2, 0.25) is 0 Å². The van der Waals surface area contributed by atoms with Crippen LogP contribution in [0.1, 0.15) is 118 Å². The van der Waals surface area contributed by atoms with Crippen molar-refractivity contribution in [3.63, 3.8) is 0 Å². The van der Waals surface area contributed by atoms with Gasteiger partial charge in [0.15, 0.2) is 0 Å². The van der Waals surface area contributed by atoms with Crippen LogP contribution in [0.3, 0.4) is 0 Å². The maximum atomic E-state index is 2.75. The van der Waals surface area contributed by atoms with Crippen molar-refractivity contribution in [1.82, 2.24) is 0 Å². The van der Waals surface area contributed by atoms with Crippen molar-refractivity contribution in [3.8, 4) is 0 Å². The van der Waals surface area contributed by atoms with E-state index in [4.69, 9.17) is 0 Å². The molecule has 4 aliphatic rings. The molecule has 4 fully saturated rings. The highest BCUT2D eigenvalue weighted by atomic mass is 14.6. The minimum atomic E-state index is 0.677. The Morgan fingerprint density at radius 1 is 0.741 bits per heavy atom. The molecular formula is C27H48. The van der Waals surface area contributed by atoms with Gasteiger partial charge in [-0.25, -0.2) is 0 Å². The summed E-state index contributed by atoms with van der Waals surface area (Å²) in [4.78, 5) is 0. The highest BCUT2D eigenvalue weighted by Gasteiger charge is 2.59. The Labute approximate surface area is 170 Å². The second kappa shape index (κ2) is 7.68. The largest absolute Gasteiger partial charge is 0.0628 e. The Hall–Kier alpha value is 0. The van der Waals surface area contributed by atoms with Crippen LogP contribution in [0.25, 0.3) is 0 Å². The highest BCUT2D eigenvalue weighted by Crippen LogP contribution is 2.68. The first-order valence-electron chi connectivity index (χ1n) is 12.9. The van der Waals surface area contributed by atoms with E-state index in [-0.39, 0.29) is 0 Å². The molecule has 4 aliphatic carbocycles. The summed E-state index contributed by atoms with van der Waals surface area (Å²) in [5.41, 5.74) is 1.39. The van der Waals surface area contributed by atoms with E-state index >= 15 is 0 Å². The molecule has 0 heteroatoms. The first-order chi connectivity index (χ1) is 12.9. The van der Waals surface area contributed by atoms with Crippen LogP contribution >= 0.6 is 0 Å². The van der Waals surface area contributed by atoms with Gasteiger partial charge in [-0.3, -0.25) is 0 Å². The van der Waals surface area contributed by atoms with Crippen LogP contribution in [-0.2, 0) is 0 Å². The maximum absolute atomic E-state index is 2.75. The molecule has 0 aromatic rings. The van der Waals surface area contributed by atoms with Gasteiger partial charge in [-0.15, -0.1) is 0 Å². The number of fused-ring (bicyclic) bond motifs is 5. The molecule has 0 heterocycles.